The van der Waals surface area contributed by atoms with E-state index in [1.54, 1.807) is 0 Å². The van der Waals surface area contributed by atoms with Crippen LogP contribution in [0.1, 0.15) is 6.42 Å². The van der Waals surface area contributed by atoms with E-state index < -0.39 is 0 Å². The Labute approximate surface area is 81.2 Å². The number of hydrogen-bond acceptors (Lipinski definition) is 4. The lowest BCUT2D eigenvalue weighted by Crippen LogP contribution is -2.26. The van der Waals surface area contributed by atoms with Crippen LogP contribution in [0.4, 0.5) is 5.95 Å². The third-order valence-corrected chi connectivity index (χ3v) is 2.07. The van der Waals surface area contributed by atoms with Gasteiger partial charge in [-0.1, -0.05) is 0 Å². The van der Waals surface area contributed by atoms with Crippen LogP contribution in [0.2, 0.25) is 0 Å². The van der Waals surface area contributed by atoms with Crippen LogP contribution in [-0.2, 0) is 4.79 Å². The Kier molecular flexibility index (Phi) is 2.11. The number of anilines is 1. The molecule has 1 aliphatic heterocycles. The first-order valence-corrected chi connectivity index (χ1v) is 4.21. The summed E-state index contributed by atoms with van der Waals surface area (Å²) in [7, 11) is 0. The van der Waals surface area contributed by atoms with Gasteiger partial charge in [-0.05, 0) is 0 Å². The quantitative estimate of drug-likeness (QED) is 0.575. The number of amides is 1. The van der Waals surface area contributed by atoms with Gasteiger partial charge in [-0.2, -0.15) is 5.10 Å². The van der Waals surface area contributed by atoms with Gasteiger partial charge in [0.2, 0.25) is 5.91 Å². The van der Waals surface area contributed by atoms with Gasteiger partial charge in [0.15, 0.2) is 0 Å². The van der Waals surface area contributed by atoms with Crippen LogP contribution in [0.5, 0.6) is 0 Å². The van der Waals surface area contributed by atoms with E-state index in [1.807, 2.05) is 0 Å². The summed E-state index contributed by atoms with van der Waals surface area (Å²) in [4.78, 5) is 16.9. The molecule has 14 heavy (non-hydrogen) atoms. The highest BCUT2D eigenvalue weighted by Crippen LogP contribution is 2.20. The van der Waals surface area contributed by atoms with Gasteiger partial charge in [0.25, 0.3) is 5.95 Å². The first-order chi connectivity index (χ1) is 6.81. The second-order valence-corrected chi connectivity index (χ2v) is 3.01. The molecule has 1 aromatic rings. The minimum atomic E-state index is -0.0408. The lowest BCUT2D eigenvalue weighted by molar-refractivity contribution is -0.117. The predicted octanol–water partition coefficient (Wildman–Crippen LogP) is -0.142. The first-order valence-electron chi connectivity index (χ1n) is 4.21. The number of terminal acetylenes is 1. The molecular weight excluding hydrogens is 180 g/mol. The maximum absolute atomic E-state index is 11.5. The molecule has 1 atom stereocenters. The number of hydrogen-bond donors (Lipinski definition) is 0. The molecule has 1 amide bonds. The van der Waals surface area contributed by atoms with Crippen LogP contribution in [0, 0.1) is 18.3 Å². The Morgan fingerprint density at radius 2 is 2.43 bits per heavy atom. The molecule has 0 aromatic carbocycles. The molecule has 5 nitrogen and oxygen atoms in total. The smallest absolute Gasteiger partial charge is 0.252 e. The molecule has 1 aliphatic rings. The molecule has 1 unspecified atom stereocenters. The van der Waals surface area contributed by atoms with Crippen molar-refractivity contribution < 1.29 is 4.79 Å². The van der Waals surface area contributed by atoms with Gasteiger partial charge >= 0.3 is 0 Å². The van der Waals surface area contributed by atoms with E-state index in [4.69, 9.17) is 6.42 Å². The van der Waals surface area contributed by atoms with E-state index in [1.165, 1.54) is 17.3 Å². The Morgan fingerprint density at radius 1 is 1.57 bits per heavy atom. The van der Waals surface area contributed by atoms with Gasteiger partial charge in [0, 0.05) is 18.9 Å². The number of rotatable bonds is 1. The number of nitrogens with zero attached hydrogens (tertiary/aromatic N) is 4. The highest BCUT2D eigenvalue weighted by molar-refractivity contribution is 5.94. The van der Waals surface area contributed by atoms with Crippen molar-refractivity contribution >= 4 is 11.9 Å². The molecule has 1 fully saturated rings. The third-order valence-electron chi connectivity index (χ3n) is 2.07. The second kappa shape index (κ2) is 3.42. The molecule has 0 spiro atoms. The van der Waals surface area contributed by atoms with Crippen molar-refractivity contribution in [2.75, 3.05) is 11.4 Å². The van der Waals surface area contributed by atoms with Crippen molar-refractivity contribution in [3.8, 4) is 12.3 Å². The molecule has 1 aromatic heterocycles. The minimum absolute atomic E-state index is 0.0358. The number of carbonyl (C=O) groups is 1. The van der Waals surface area contributed by atoms with E-state index >= 15 is 0 Å². The summed E-state index contributed by atoms with van der Waals surface area (Å²) in [5.41, 5.74) is 0. The minimum Gasteiger partial charge on any atom is -0.278 e. The van der Waals surface area contributed by atoms with E-state index in [2.05, 4.69) is 21.1 Å². The topological polar surface area (TPSA) is 59.0 Å². The van der Waals surface area contributed by atoms with E-state index in [0.29, 0.717) is 18.9 Å². The Balaban J connectivity index is 2.22. The van der Waals surface area contributed by atoms with E-state index in [0.717, 1.165) is 0 Å². The summed E-state index contributed by atoms with van der Waals surface area (Å²) >= 11 is 0. The van der Waals surface area contributed by atoms with Crippen LogP contribution >= 0.6 is 0 Å². The van der Waals surface area contributed by atoms with Gasteiger partial charge < -0.3 is 0 Å². The van der Waals surface area contributed by atoms with E-state index in [-0.39, 0.29) is 11.8 Å². The van der Waals surface area contributed by atoms with Crippen LogP contribution in [-0.4, -0.2) is 27.6 Å². The first kappa shape index (κ1) is 8.63. The van der Waals surface area contributed by atoms with Gasteiger partial charge in [-0.25, -0.2) is 4.98 Å². The summed E-state index contributed by atoms with van der Waals surface area (Å²) in [6.45, 7) is 0.487. The zero-order valence-electron chi connectivity index (χ0n) is 7.42. The van der Waals surface area contributed by atoms with Crippen molar-refractivity contribution in [1.29, 1.82) is 0 Å². The van der Waals surface area contributed by atoms with Crippen molar-refractivity contribution in [3.05, 3.63) is 12.4 Å². The molecule has 5 heteroatoms. The summed E-state index contributed by atoms with van der Waals surface area (Å²) in [5.74, 6) is 2.81. The van der Waals surface area contributed by atoms with Crippen molar-refractivity contribution in [3.63, 3.8) is 0 Å². The normalized spacial score (nSPS) is 20.9. The van der Waals surface area contributed by atoms with Crippen LogP contribution in [0.3, 0.4) is 0 Å². The average Bonchev–Trinajstić information content (AvgIpc) is 2.61. The molecule has 1 saturated heterocycles. The SMILES string of the molecule is C#CC1CC(=O)N(c2nccnn2)C1. The highest BCUT2D eigenvalue weighted by atomic mass is 16.2. The average molecular weight is 188 g/mol. The zero-order chi connectivity index (χ0) is 9.97. The lowest BCUT2D eigenvalue weighted by atomic mass is 10.1. The summed E-state index contributed by atoms with van der Waals surface area (Å²) in [5, 5.41) is 7.41. The maximum atomic E-state index is 11.5. The molecule has 0 radical (unpaired) electrons. The highest BCUT2D eigenvalue weighted by Gasteiger charge is 2.30. The van der Waals surface area contributed by atoms with Crippen molar-refractivity contribution in [2.24, 2.45) is 5.92 Å². The molecule has 0 bridgehead atoms. The van der Waals surface area contributed by atoms with Crippen LogP contribution in [0.15, 0.2) is 12.4 Å². The molecule has 0 saturated carbocycles. The number of carbonyl (C=O) groups excluding carboxylic acids is 1. The largest absolute Gasteiger partial charge is 0.278 e. The van der Waals surface area contributed by atoms with Gasteiger partial charge in [-0.15, -0.1) is 17.4 Å². The fraction of sp³-hybridized carbons (Fsp3) is 0.333. The van der Waals surface area contributed by atoms with Crippen LogP contribution in [0.25, 0.3) is 0 Å². The van der Waals surface area contributed by atoms with Crippen molar-refractivity contribution in [2.45, 2.75) is 6.42 Å². The molecule has 2 rings (SSSR count). The summed E-state index contributed by atoms with van der Waals surface area (Å²) in [6.07, 6.45) is 8.58. The standard InChI is InChI=1S/C9H8N4O/c1-2-7-5-8(14)13(6-7)9-10-3-4-11-12-9/h1,3-4,7H,5-6H2. The van der Waals surface area contributed by atoms with Gasteiger partial charge in [0.05, 0.1) is 12.4 Å². The molecule has 0 N–H and O–H groups in total. The molecular formula is C9H8N4O. The van der Waals surface area contributed by atoms with Gasteiger partial charge in [-0.3, -0.25) is 9.69 Å². The summed E-state index contributed by atoms with van der Waals surface area (Å²) in [6, 6.07) is 0. The zero-order valence-corrected chi connectivity index (χ0v) is 7.42. The summed E-state index contributed by atoms with van der Waals surface area (Å²) < 4.78 is 0. The van der Waals surface area contributed by atoms with E-state index in [9.17, 15) is 4.79 Å². The maximum Gasteiger partial charge on any atom is 0.252 e. The number of aromatic nitrogens is 3. The second-order valence-electron chi connectivity index (χ2n) is 3.01. The fourth-order valence-corrected chi connectivity index (χ4v) is 1.38. The predicted molar refractivity (Wildman–Crippen MR) is 49.1 cm³/mol. The third kappa shape index (κ3) is 1.42. The monoisotopic (exact) mass is 188 g/mol. The Bertz CT molecular complexity index is 384. The Morgan fingerprint density at radius 3 is 3.00 bits per heavy atom. The van der Waals surface area contributed by atoms with Crippen molar-refractivity contribution in [1.82, 2.24) is 15.2 Å². The molecule has 70 valence electrons. The Hall–Kier alpha value is -1.96. The van der Waals surface area contributed by atoms with Crippen LogP contribution < -0.4 is 4.90 Å². The fourth-order valence-electron chi connectivity index (χ4n) is 1.38. The van der Waals surface area contributed by atoms with Gasteiger partial charge in [0.1, 0.15) is 0 Å². The lowest BCUT2D eigenvalue weighted by Gasteiger charge is -2.11. The molecule has 2 heterocycles. The molecule has 0 aliphatic carbocycles.